The Hall–Kier alpha value is -0.760. The van der Waals surface area contributed by atoms with Crippen LogP contribution in [0.1, 0.15) is 200 Å². The number of hydrogen-bond acceptors (Lipinski definition) is 6. The van der Waals surface area contributed by atoms with Crippen molar-refractivity contribution in [2.75, 3.05) is 19.8 Å². The van der Waals surface area contributed by atoms with Gasteiger partial charge in [0.1, 0.15) is 0 Å². The zero-order valence-electron chi connectivity index (χ0n) is 31.5. The standard InChI is InChI=1S/C39H79N2O6P/c1-3-5-7-9-11-13-15-17-19-21-23-25-27-29-31-33-39(43)41-37(36-47-48(44,45)46-35-34-40)38(42)32-30-28-26-24-22-20-18-16-14-12-10-8-6-4-2/h30,32,37-38,42H,3-29,31,33-36,40H2,1-2H3,(H,41,43)(H,44,45)/b32-30+. The van der Waals surface area contributed by atoms with Crippen LogP contribution in [-0.4, -0.2) is 47.8 Å². The van der Waals surface area contributed by atoms with Crippen LogP contribution >= 0.6 is 7.82 Å². The second-order valence-electron chi connectivity index (χ2n) is 13.9. The average Bonchev–Trinajstić information content (AvgIpc) is 3.07. The monoisotopic (exact) mass is 703 g/mol. The molecule has 0 aromatic heterocycles. The van der Waals surface area contributed by atoms with Crippen molar-refractivity contribution in [2.45, 2.75) is 212 Å². The number of hydrogen-bond donors (Lipinski definition) is 4. The smallest absolute Gasteiger partial charge is 0.387 e. The zero-order chi connectivity index (χ0) is 35.4. The number of phosphoric ester groups is 1. The molecule has 0 aromatic carbocycles. The Balaban J connectivity index is 4.25. The Labute approximate surface area is 296 Å². The van der Waals surface area contributed by atoms with Gasteiger partial charge in [-0.25, -0.2) is 4.57 Å². The summed E-state index contributed by atoms with van der Waals surface area (Å²) in [4.78, 5) is 22.6. The van der Waals surface area contributed by atoms with E-state index in [0.29, 0.717) is 6.42 Å². The molecule has 3 unspecified atom stereocenters. The highest BCUT2D eigenvalue weighted by Crippen LogP contribution is 2.43. The molecule has 1 amide bonds. The van der Waals surface area contributed by atoms with Gasteiger partial charge >= 0.3 is 7.82 Å². The van der Waals surface area contributed by atoms with E-state index in [1.807, 2.05) is 6.08 Å². The van der Waals surface area contributed by atoms with E-state index in [1.54, 1.807) is 6.08 Å². The molecule has 0 aromatic rings. The summed E-state index contributed by atoms with van der Waals surface area (Å²) in [5.41, 5.74) is 5.36. The molecule has 0 bridgehead atoms. The lowest BCUT2D eigenvalue weighted by molar-refractivity contribution is -0.123. The van der Waals surface area contributed by atoms with Gasteiger partial charge in [-0.3, -0.25) is 13.8 Å². The predicted molar refractivity (Wildman–Crippen MR) is 203 cm³/mol. The molecule has 0 aliphatic heterocycles. The number of nitrogens with two attached hydrogens (primary N) is 1. The van der Waals surface area contributed by atoms with Gasteiger partial charge in [0.05, 0.1) is 25.4 Å². The van der Waals surface area contributed by atoms with Crippen molar-refractivity contribution < 1.29 is 28.4 Å². The Bertz CT molecular complexity index is 769. The lowest BCUT2D eigenvalue weighted by atomic mass is 10.0. The van der Waals surface area contributed by atoms with Gasteiger partial charge in [0.15, 0.2) is 0 Å². The minimum atomic E-state index is -4.33. The Kier molecular flexibility index (Phi) is 35.5. The second kappa shape index (κ2) is 36.0. The summed E-state index contributed by atoms with van der Waals surface area (Å²) >= 11 is 0. The van der Waals surface area contributed by atoms with E-state index in [1.165, 1.54) is 141 Å². The largest absolute Gasteiger partial charge is 0.472 e. The molecule has 0 fully saturated rings. The molecule has 0 heterocycles. The van der Waals surface area contributed by atoms with Gasteiger partial charge in [-0.2, -0.15) is 0 Å². The van der Waals surface area contributed by atoms with Crippen LogP contribution in [0, 0.1) is 0 Å². The number of phosphoric acid groups is 1. The van der Waals surface area contributed by atoms with Crippen molar-refractivity contribution in [1.82, 2.24) is 5.32 Å². The number of unbranched alkanes of at least 4 members (excludes halogenated alkanes) is 26. The molecule has 9 heteroatoms. The number of carbonyl (C=O) groups is 1. The molecule has 0 aliphatic carbocycles. The minimum absolute atomic E-state index is 0.0812. The second-order valence-corrected chi connectivity index (χ2v) is 15.3. The maximum Gasteiger partial charge on any atom is 0.472 e. The fourth-order valence-electron chi connectivity index (χ4n) is 6.01. The summed E-state index contributed by atoms with van der Waals surface area (Å²) in [7, 11) is -4.33. The number of nitrogens with one attached hydrogen (secondary N) is 1. The van der Waals surface area contributed by atoms with Crippen LogP contribution in [0.2, 0.25) is 0 Å². The number of aliphatic hydroxyl groups is 1. The van der Waals surface area contributed by atoms with Crippen molar-refractivity contribution in [3.8, 4) is 0 Å². The Morgan fingerprint density at radius 2 is 1.06 bits per heavy atom. The molecule has 0 saturated heterocycles. The van der Waals surface area contributed by atoms with Crippen LogP contribution in [0.3, 0.4) is 0 Å². The number of carbonyl (C=O) groups excluding carboxylic acids is 1. The molecule has 5 N–H and O–H groups in total. The first-order valence-electron chi connectivity index (χ1n) is 20.3. The summed E-state index contributed by atoms with van der Waals surface area (Å²) in [6.07, 6.45) is 38.2. The van der Waals surface area contributed by atoms with Crippen LogP contribution in [0.15, 0.2) is 12.2 Å². The first kappa shape index (κ1) is 47.2. The maximum atomic E-state index is 12.7. The van der Waals surface area contributed by atoms with Gasteiger partial charge in [-0.15, -0.1) is 0 Å². The van der Waals surface area contributed by atoms with Crippen LogP contribution in [0.25, 0.3) is 0 Å². The highest BCUT2D eigenvalue weighted by molar-refractivity contribution is 7.47. The molecule has 0 radical (unpaired) electrons. The summed E-state index contributed by atoms with van der Waals surface area (Å²) < 4.78 is 22.1. The Morgan fingerprint density at radius 3 is 1.48 bits per heavy atom. The van der Waals surface area contributed by atoms with Gasteiger partial charge in [0.2, 0.25) is 5.91 Å². The molecular weight excluding hydrogens is 623 g/mol. The number of aliphatic hydroxyl groups excluding tert-OH is 1. The molecular formula is C39H79N2O6P. The topological polar surface area (TPSA) is 131 Å². The number of amides is 1. The minimum Gasteiger partial charge on any atom is -0.387 e. The first-order valence-corrected chi connectivity index (χ1v) is 21.8. The third kappa shape index (κ3) is 33.7. The van der Waals surface area contributed by atoms with Crippen molar-refractivity contribution in [1.29, 1.82) is 0 Å². The highest BCUT2D eigenvalue weighted by Gasteiger charge is 2.26. The van der Waals surface area contributed by atoms with Crippen LogP contribution < -0.4 is 11.1 Å². The average molecular weight is 703 g/mol. The molecule has 286 valence electrons. The van der Waals surface area contributed by atoms with Gasteiger partial charge in [0, 0.05) is 13.0 Å². The van der Waals surface area contributed by atoms with E-state index in [0.717, 1.165) is 38.5 Å². The molecule has 8 nitrogen and oxygen atoms in total. The lowest BCUT2D eigenvalue weighted by Crippen LogP contribution is -2.45. The summed E-state index contributed by atoms with van der Waals surface area (Å²) in [6.45, 7) is 4.14. The van der Waals surface area contributed by atoms with Crippen LogP contribution in [0.5, 0.6) is 0 Å². The van der Waals surface area contributed by atoms with E-state index < -0.39 is 20.0 Å². The molecule has 0 spiro atoms. The quantitative estimate of drug-likeness (QED) is 0.0286. The molecule has 0 rings (SSSR count). The normalized spacial score (nSPS) is 14.4. The Morgan fingerprint density at radius 1 is 0.667 bits per heavy atom. The first-order chi connectivity index (χ1) is 23.4. The van der Waals surface area contributed by atoms with E-state index in [-0.39, 0.29) is 25.7 Å². The lowest BCUT2D eigenvalue weighted by Gasteiger charge is -2.23. The van der Waals surface area contributed by atoms with Crippen molar-refractivity contribution in [3.05, 3.63) is 12.2 Å². The zero-order valence-corrected chi connectivity index (χ0v) is 32.4. The van der Waals surface area contributed by atoms with Gasteiger partial charge in [0.25, 0.3) is 0 Å². The number of allylic oxidation sites excluding steroid dienone is 1. The van der Waals surface area contributed by atoms with Crippen LogP contribution in [-0.2, 0) is 18.4 Å². The van der Waals surface area contributed by atoms with E-state index in [9.17, 15) is 19.4 Å². The summed E-state index contributed by atoms with van der Waals surface area (Å²) in [5.74, 6) is -0.192. The third-order valence-corrected chi connectivity index (χ3v) is 10.1. The molecule has 3 atom stereocenters. The van der Waals surface area contributed by atoms with Gasteiger partial charge in [-0.05, 0) is 19.3 Å². The fourth-order valence-corrected chi connectivity index (χ4v) is 6.77. The van der Waals surface area contributed by atoms with E-state index >= 15 is 0 Å². The summed E-state index contributed by atoms with van der Waals surface area (Å²) in [6, 6.07) is -0.853. The molecule has 0 saturated carbocycles. The van der Waals surface area contributed by atoms with Gasteiger partial charge < -0.3 is 21.1 Å². The molecule has 48 heavy (non-hydrogen) atoms. The fraction of sp³-hybridized carbons (Fsp3) is 0.923. The maximum absolute atomic E-state index is 12.7. The number of rotatable bonds is 38. The van der Waals surface area contributed by atoms with Crippen LogP contribution in [0.4, 0.5) is 0 Å². The highest BCUT2D eigenvalue weighted by atomic mass is 31.2. The van der Waals surface area contributed by atoms with Gasteiger partial charge in [-0.1, -0.05) is 187 Å². The third-order valence-electron chi connectivity index (χ3n) is 9.11. The van der Waals surface area contributed by atoms with E-state index in [2.05, 4.69) is 19.2 Å². The SMILES string of the molecule is CCCCCCCCCCCCCC/C=C/C(O)C(COP(=O)(O)OCCN)NC(=O)CCCCCCCCCCCCCCCCC. The van der Waals surface area contributed by atoms with Crippen molar-refractivity contribution in [2.24, 2.45) is 5.73 Å². The van der Waals surface area contributed by atoms with Crippen molar-refractivity contribution in [3.63, 3.8) is 0 Å². The molecule has 0 aliphatic rings. The summed E-state index contributed by atoms with van der Waals surface area (Å²) in [5, 5.41) is 13.6. The van der Waals surface area contributed by atoms with Crippen molar-refractivity contribution >= 4 is 13.7 Å². The van der Waals surface area contributed by atoms with E-state index in [4.69, 9.17) is 14.8 Å². The predicted octanol–water partition coefficient (Wildman–Crippen LogP) is 10.8.